The summed E-state index contributed by atoms with van der Waals surface area (Å²) in [4.78, 5) is 30.9. The van der Waals surface area contributed by atoms with Gasteiger partial charge in [-0.25, -0.2) is 0 Å². The Hall–Kier alpha value is -2.70. The van der Waals surface area contributed by atoms with Crippen LogP contribution >= 0.6 is 0 Å². The van der Waals surface area contributed by atoms with Crippen LogP contribution in [-0.4, -0.2) is 38.0 Å². The van der Waals surface area contributed by atoms with Gasteiger partial charge in [0.25, 0.3) is 0 Å². The van der Waals surface area contributed by atoms with Crippen LogP contribution < -0.4 is 5.32 Å². The summed E-state index contributed by atoms with van der Waals surface area (Å²) in [6.07, 6.45) is 4.24. The highest BCUT2D eigenvalue weighted by atomic mass is 16.2. The molecule has 3 heterocycles. The van der Waals surface area contributed by atoms with E-state index in [0.29, 0.717) is 32.0 Å². The molecule has 7 heteroatoms. The van der Waals surface area contributed by atoms with Gasteiger partial charge in [-0.05, 0) is 24.1 Å². The smallest absolute Gasteiger partial charge is 0.223 e. The Morgan fingerprint density at radius 3 is 2.85 bits per heavy atom. The van der Waals surface area contributed by atoms with E-state index in [1.54, 1.807) is 12.4 Å². The first-order valence-corrected chi connectivity index (χ1v) is 8.99. The second kappa shape index (κ2) is 8.12. The van der Waals surface area contributed by atoms with E-state index in [0.717, 1.165) is 11.4 Å². The zero-order chi connectivity index (χ0) is 18.5. The van der Waals surface area contributed by atoms with Gasteiger partial charge in [-0.3, -0.25) is 19.3 Å². The van der Waals surface area contributed by atoms with Gasteiger partial charge in [-0.1, -0.05) is 19.9 Å². The fraction of sp³-hybridized carbons (Fsp3) is 0.474. The number of rotatable bonds is 6. The molecule has 0 radical (unpaired) electrons. The number of carbonyl (C=O) groups is 2. The highest BCUT2D eigenvalue weighted by molar-refractivity contribution is 5.78. The molecule has 1 aliphatic heterocycles. The first kappa shape index (κ1) is 18.1. The lowest BCUT2D eigenvalue weighted by atomic mass is 10.1. The van der Waals surface area contributed by atoms with Crippen LogP contribution in [0.1, 0.15) is 44.1 Å². The Morgan fingerprint density at radius 1 is 1.27 bits per heavy atom. The number of aromatic nitrogens is 3. The van der Waals surface area contributed by atoms with Crippen LogP contribution in [0.3, 0.4) is 0 Å². The van der Waals surface area contributed by atoms with E-state index in [1.165, 1.54) is 0 Å². The SMILES string of the molecule is CC(C)CC(=O)N1Cc2ccnn2[C@H](CC(=O)NCc2ccccn2)C1. The zero-order valence-corrected chi connectivity index (χ0v) is 15.3. The van der Waals surface area contributed by atoms with Gasteiger partial charge in [0.1, 0.15) is 0 Å². The van der Waals surface area contributed by atoms with Crippen molar-refractivity contribution in [3.8, 4) is 0 Å². The molecule has 2 aromatic heterocycles. The molecule has 1 N–H and O–H groups in total. The summed E-state index contributed by atoms with van der Waals surface area (Å²) in [5.74, 6) is 0.376. The van der Waals surface area contributed by atoms with E-state index in [2.05, 4.69) is 15.4 Å². The van der Waals surface area contributed by atoms with Crippen molar-refractivity contribution < 1.29 is 9.59 Å². The van der Waals surface area contributed by atoms with E-state index in [9.17, 15) is 9.59 Å². The van der Waals surface area contributed by atoms with Crippen molar-refractivity contribution in [1.82, 2.24) is 25.0 Å². The van der Waals surface area contributed by atoms with E-state index in [4.69, 9.17) is 0 Å². The highest BCUT2D eigenvalue weighted by Crippen LogP contribution is 2.24. The van der Waals surface area contributed by atoms with Crippen molar-refractivity contribution in [3.05, 3.63) is 48.0 Å². The highest BCUT2D eigenvalue weighted by Gasteiger charge is 2.30. The molecule has 0 spiro atoms. The Morgan fingerprint density at radius 2 is 2.12 bits per heavy atom. The fourth-order valence-corrected chi connectivity index (χ4v) is 3.18. The predicted molar refractivity (Wildman–Crippen MR) is 96.8 cm³/mol. The number of nitrogens with one attached hydrogen (secondary N) is 1. The molecule has 1 atom stereocenters. The molecule has 1 aliphatic rings. The predicted octanol–water partition coefficient (Wildman–Crippen LogP) is 1.91. The standard InChI is InChI=1S/C19H25N5O2/c1-14(2)9-19(26)23-12-16-6-8-22-24(16)17(13-23)10-18(25)21-11-15-5-3-4-7-20-15/h3-8,14,17H,9-13H2,1-2H3,(H,21,25)/t17-/m1/s1. The number of nitrogens with zero attached hydrogens (tertiary/aromatic N) is 4. The van der Waals surface area contributed by atoms with Crippen molar-refractivity contribution in [2.75, 3.05) is 6.54 Å². The van der Waals surface area contributed by atoms with Gasteiger partial charge in [0.2, 0.25) is 11.8 Å². The van der Waals surface area contributed by atoms with Gasteiger partial charge in [0.15, 0.2) is 0 Å². The quantitative estimate of drug-likeness (QED) is 0.858. The monoisotopic (exact) mass is 355 g/mol. The van der Waals surface area contributed by atoms with Crippen LogP contribution in [0.2, 0.25) is 0 Å². The number of hydrogen-bond acceptors (Lipinski definition) is 4. The third-order valence-electron chi connectivity index (χ3n) is 4.43. The molecule has 2 amide bonds. The third-order valence-corrected chi connectivity index (χ3v) is 4.43. The molecule has 138 valence electrons. The average molecular weight is 355 g/mol. The second-order valence-electron chi connectivity index (χ2n) is 7.10. The lowest BCUT2D eigenvalue weighted by Gasteiger charge is -2.34. The summed E-state index contributed by atoms with van der Waals surface area (Å²) in [7, 11) is 0. The Kier molecular flexibility index (Phi) is 5.65. The lowest BCUT2D eigenvalue weighted by Crippen LogP contribution is -2.43. The molecule has 7 nitrogen and oxygen atoms in total. The molecular formula is C19H25N5O2. The number of carbonyl (C=O) groups excluding carboxylic acids is 2. The van der Waals surface area contributed by atoms with Gasteiger partial charge in [0, 0.05) is 25.4 Å². The number of pyridine rings is 1. The maximum absolute atomic E-state index is 12.5. The number of amides is 2. The molecule has 0 fully saturated rings. The van der Waals surface area contributed by atoms with Crippen molar-refractivity contribution in [3.63, 3.8) is 0 Å². The largest absolute Gasteiger partial charge is 0.350 e. The summed E-state index contributed by atoms with van der Waals surface area (Å²) >= 11 is 0. The summed E-state index contributed by atoms with van der Waals surface area (Å²) in [6, 6.07) is 7.37. The van der Waals surface area contributed by atoms with Crippen molar-refractivity contribution >= 4 is 11.8 Å². The molecule has 3 rings (SSSR count). The van der Waals surface area contributed by atoms with Crippen LogP contribution in [0.25, 0.3) is 0 Å². The summed E-state index contributed by atoms with van der Waals surface area (Å²) in [6.45, 7) is 5.53. The molecule has 0 bridgehead atoms. The molecule has 0 saturated carbocycles. The molecule has 26 heavy (non-hydrogen) atoms. The van der Waals surface area contributed by atoms with Crippen LogP contribution in [-0.2, 0) is 22.7 Å². The van der Waals surface area contributed by atoms with E-state index in [1.807, 2.05) is 47.7 Å². The summed E-state index contributed by atoms with van der Waals surface area (Å²) in [5, 5.41) is 7.25. The topological polar surface area (TPSA) is 80.1 Å². The summed E-state index contributed by atoms with van der Waals surface area (Å²) < 4.78 is 1.87. The first-order valence-electron chi connectivity index (χ1n) is 8.99. The van der Waals surface area contributed by atoms with Crippen molar-refractivity contribution in [2.24, 2.45) is 5.92 Å². The Bertz CT molecular complexity index is 756. The van der Waals surface area contributed by atoms with Gasteiger partial charge < -0.3 is 10.2 Å². The van der Waals surface area contributed by atoms with Gasteiger partial charge >= 0.3 is 0 Å². The normalized spacial score (nSPS) is 16.4. The van der Waals surface area contributed by atoms with Crippen molar-refractivity contribution in [1.29, 1.82) is 0 Å². The molecule has 0 aliphatic carbocycles. The molecule has 0 saturated heterocycles. The van der Waals surface area contributed by atoms with Crippen LogP contribution in [0.15, 0.2) is 36.7 Å². The first-order chi connectivity index (χ1) is 12.5. The van der Waals surface area contributed by atoms with Crippen molar-refractivity contribution in [2.45, 2.75) is 45.8 Å². The van der Waals surface area contributed by atoms with E-state index < -0.39 is 0 Å². The molecule has 0 unspecified atom stereocenters. The molecule has 0 aromatic carbocycles. The van der Waals surface area contributed by atoms with Gasteiger partial charge in [-0.15, -0.1) is 0 Å². The van der Waals surface area contributed by atoms with Gasteiger partial charge in [-0.2, -0.15) is 5.10 Å². The summed E-state index contributed by atoms with van der Waals surface area (Å²) in [5.41, 5.74) is 1.79. The second-order valence-corrected chi connectivity index (χ2v) is 7.10. The minimum absolute atomic E-state index is 0.0692. The van der Waals surface area contributed by atoms with E-state index >= 15 is 0 Å². The Balaban J connectivity index is 1.62. The van der Waals surface area contributed by atoms with Gasteiger partial charge in [0.05, 0.1) is 36.9 Å². The fourth-order valence-electron chi connectivity index (χ4n) is 3.18. The zero-order valence-electron chi connectivity index (χ0n) is 15.3. The minimum Gasteiger partial charge on any atom is -0.350 e. The average Bonchev–Trinajstić information content (AvgIpc) is 3.09. The lowest BCUT2D eigenvalue weighted by molar-refractivity contribution is -0.135. The number of hydrogen-bond donors (Lipinski definition) is 1. The minimum atomic E-state index is -0.145. The maximum atomic E-state index is 12.5. The molecular weight excluding hydrogens is 330 g/mol. The Labute approximate surface area is 153 Å². The number of fused-ring (bicyclic) bond motifs is 1. The third kappa shape index (κ3) is 4.47. The van der Waals surface area contributed by atoms with Crippen LogP contribution in [0.4, 0.5) is 0 Å². The van der Waals surface area contributed by atoms with Crippen LogP contribution in [0.5, 0.6) is 0 Å². The molecule has 2 aromatic rings. The van der Waals surface area contributed by atoms with E-state index in [-0.39, 0.29) is 24.3 Å². The maximum Gasteiger partial charge on any atom is 0.223 e. The van der Waals surface area contributed by atoms with Crippen LogP contribution in [0, 0.1) is 5.92 Å².